The number of benzene rings is 1. The third-order valence-corrected chi connectivity index (χ3v) is 5.53. The Labute approximate surface area is 168 Å². The molecule has 1 saturated heterocycles. The summed E-state index contributed by atoms with van der Waals surface area (Å²) >= 11 is 1.55. The molecule has 0 unspecified atom stereocenters. The van der Waals surface area contributed by atoms with Crippen molar-refractivity contribution in [3.05, 3.63) is 35.3 Å². The molecule has 0 atom stereocenters. The molecule has 146 valence electrons. The molecule has 2 aromatic heterocycles. The van der Waals surface area contributed by atoms with Crippen molar-refractivity contribution in [3.63, 3.8) is 0 Å². The van der Waals surface area contributed by atoms with E-state index < -0.39 is 0 Å². The van der Waals surface area contributed by atoms with E-state index in [0.717, 1.165) is 41.5 Å². The summed E-state index contributed by atoms with van der Waals surface area (Å²) in [5, 5.41) is 13.5. The summed E-state index contributed by atoms with van der Waals surface area (Å²) in [6.45, 7) is 2.42. The molecular formula is C19H23N7OS. The van der Waals surface area contributed by atoms with Crippen LogP contribution in [-0.4, -0.2) is 45.3 Å². The van der Waals surface area contributed by atoms with E-state index >= 15 is 0 Å². The molecule has 0 spiro atoms. The molecule has 1 aromatic carbocycles. The highest BCUT2D eigenvalue weighted by molar-refractivity contribution is 7.14. The van der Waals surface area contributed by atoms with Crippen molar-refractivity contribution in [2.45, 2.75) is 32.2 Å². The van der Waals surface area contributed by atoms with Crippen molar-refractivity contribution in [2.24, 2.45) is 0 Å². The van der Waals surface area contributed by atoms with E-state index in [1.54, 1.807) is 18.4 Å². The second kappa shape index (κ2) is 8.92. The van der Waals surface area contributed by atoms with E-state index in [1.807, 2.05) is 30.3 Å². The van der Waals surface area contributed by atoms with Crippen LogP contribution in [0.3, 0.4) is 0 Å². The Morgan fingerprint density at radius 3 is 2.54 bits per heavy atom. The van der Waals surface area contributed by atoms with Gasteiger partial charge in [-0.1, -0.05) is 54.5 Å². The lowest BCUT2D eigenvalue weighted by molar-refractivity contribution is 0.378. The molecule has 0 bridgehead atoms. The standard InChI is InChI=1S/C19H23N7OS/c1-27-19-22-17(21-18(23-19)26-11-7-2-3-8-12-26)20-13-15-24-25-16(28-15)14-9-5-4-6-10-14/h4-6,9-10H,2-3,7-8,11-13H2,1H3,(H,20,21,22,23). The van der Waals surface area contributed by atoms with Crippen molar-refractivity contribution in [1.82, 2.24) is 25.1 Å². The predicted octanol–water partition coefficient (Wildman–Crippen LogP) is 3.39. The van der Waals surface area contributed by atoms with Crippen LogP contribution in [-0.2, 0) is 6.54 Å². The number of aromatic nitrogens is 5. The molecule has 0 radical (unpaired) electrons. The Morgan fingerprint density at radius 1 is 1.00 bits per heavy atom. The first-order valence-electron chi connectivity index (χ1n) is 9.48. The van der Waals surface area contributed by atoms with Crippen LogP contribution in [0, 0.1) is 0 Å². The van der Waals surface area contributed by atoms with Gasteiger partial charge in [0, 0.05) is 18.7 Å². The van der Waals surface area contributed by atoms with Crippen LogP contribution in [0.25, 0.3) is 10.6 Å². The largest absolute Gasteiger partial charge is 0.467 e. The Kier molecular flexibility index (Phi) is 5.91. The Hall–Kier alpha value is -2.81. The zero-order chi connectivity index (χ0) is 19.2. The molecule has 1 aliphatic heterocycles. The minimum absolute atomic E-state index is 0.319. The molecular weight excluding hydrogens is 374 g/mol. The van der Waals surface area contributed by atoms with Crippen LogP contribution in [0.4, 0.5) is 11.9 Å². The maximum absolute atomic E-state index is 5.28. The average Bonchev–Trinajstić information content (AvgIpc) is 3.06. The number of nitrogens with zero attached hydrogens (tertiary/aromatic N) is 6. The van der Waals surface area contributed by atoms with Crippen molar-refractivity contribution in [1.29, 1.82) is 0 Å². The third kappa shape index (κ3) is 4.53. The monoisotopic (exact) mass is 397 g/mol. The molecule has 1 N–H and O–H groups in total. The lowest BCUT2D eigenvalue weighted by Gasteiger charge is -2.20. The van der Waals surface area contributed by atoms with Crippen LogP contribution < -0.4 is 15.0 Å². The minimum Gasteiger partial charge on any atom is -0.467 e. The number of anilines is 2. The number of rotatable bonds is 6. The van der Waals surface area contributed by atoms with E-state index in [0.29, 0.717) is 24.5 Å². The fourth-order valence-corrected chi connectivity index (χ4v) is 3.89. The number of hydrogen-bond acceptors (Lipinski definition) is 9. The van der Waals surface area contributed by atoms with Crippen molar-refractivity contribution < 1.29 is 4.74 Å². The summed E-state index contributed by atoms with van der Waals surface area (Å²) in [6.07, 6.45) is 4.82. The second-order valence-electron chi connectivity index (χ2n) is 6.57. The first-order chi connectivity index (χ1) is 13.8. The molecule has 4 rings (SSSR count). The fourth-order valence-electron chi connectivity index (χ4n) is 3.11. The van der Waals surface area contributed by atoms with Crippen LogP contribution in [0.2, 0.25) is 0 Å². The van der Waals surface area contributed by atoms with Gasteiger partial charge in [0.05, 0.1) is 13.7 Å². The second-order valence-corrected chi connectivity index (χ2v) is 7.63. The quantitative estimate of drug-likeness (QED) is 0.677. The maximum atomic E-state index is 5.28. The molecule has 28 heavy (non-hydrogen) atoms. The highest BCUT2D eigenvalue weighted by Gasteiger charge is 2.16. The number of ether oxygens (including phenoxy) is 1. The van der Waals surface area contributed by atoms with Crippen molar-refractivity contribution in [3.8, 4) is 16.6 Å². The van der Waals surface area contributed by atoms with Gasteiger partial charge in [0.25, 0.3) is 0 Å². The van der Waals surface area contributed by atoms with Gasteiger partial charge in [-0.05, 0) is 12.8 Å². The summed E-state index contributed by atoms with van der Waals surface area (Å²) in [7, 11) is 1.57. The molecule has 1 aliphatic rings. The maximum Gasteiger partial charge on any atom is 0.322 e. The average molecular weight is 398 g/mol. The Bertz CT molecular complexity index is 894. The summed E-state index contributed by atoms with van der Waals surface area (Å²) in [5.41, 5.74) is 1.07. The summed E-state index contributed by atoms with van der Waals surface area (Å²) < 4.78 is 5.28. The molecule has 3 heterocycles. The zero-order valence-electron chi connectivity index (χ0n) is 15.8. The molecule has 9 heteroatoms. The van der Waals surface area contributed by atoms with Gasteiger partial charge in [0.15, 0.2) is 0 Å². The normalized spacial score (nSPS) is 14.5. The van der Waals surface area contributed by atoms with Crippen LogP contribution in [0.15, 0.2) is 30.3 Å². The van der Waals surface area contributed by atoms with Gasteiger partial charge in [-0.25, -0.2) is 0 Å². The summed E-state index contributed by atoms with van der Waals surface area (Å²) in [6, 6.07) is 10.4. The zero-order valence-corrected chi connectivity index (χ0v) is 16.7. The van der Waals surface area contributed by atoms with Gasteiger partial charge in [-0.3, -0.25) is 0 Å². The highest BCUT2D eigenvalue weighted by Crippen LogP contribution is 2.24. The van der Waals surface area contributed by atoms with Crippen LogP contribution in [0.5, 0.6) is 6.01 Å². The Balaban J connectivity index is 1.47. The van der Waals surface area contributed by atoms with E-state index in [9.17, 15) is 0 Å². The number of methoxy groups -OCH3 is 1. The van der Waals surface area contributed by atoms with Gasteiger partial charge in [0.1, 0.15) is 10.0 Å². The topological polar surface area (TPSA) is 88.9 Å². The minimum atomic E-state index is 0.319. The molecule has 0 aliphatic carbocycles. The van der Waals surface area contributed by atoms with Crippen LogP contribution >= 0.6 is 11.3 Å². The molecule has 0 saturated carbocycles. The lowest BCUT2D eigenvalue weighted by Crippen LogP contribution is -2.26. The van der Waals surface area contributed by atoms with Gasteiger partial charge < -0.3 is 15.0 Å². The van der Waals surface area contributed by atoms with Crippen LogP contribution in [0.1, 0.15) is 30.7 Å². The summed E-state index contributed by atoms with van der Waals surface area (Å²) in [4.78, 5) is 15.6. The fraction of sp³-hybridized carbons (Fsp3) is 0.421. The Morgan fingerprint density at radius 2 is 1.79 bits per heavy atom. The van der Waals surface area contributed by atoms with Gasteiger partial charge in [0.2, 0.25) is 11.9 Å². The lowest BCUT2D eigenvalue weighted by atomic mass is 10.2. The van der Waals surface area contributed by atoms with Crippen molar-refractivity contribution in [2.75, 3.05) is 30.4 Å². The van der Waals surface area contributed by atoms with Gasteiger partial charge >= 0.3 is 6.01 Å². The predicted molar refractivity (Wildman–Crippen MR) is 110 cm³/mol. The highest BCUT2D eigenvalue weighted by atomic mass is 32.1. The molecule has 3 aromatic rings. The van der Waals surface area contributed by atoms with Gasteiger partial charge in [-0.2, -0.15) is 15.0 Å². The summed E-state index contributed by atoms with van der Waals surface area (Å²) in [5.74, 6) is 1.15. The van der Waals surface area contributed by atoms with Crippen molar-refractivity contribution >= 4 is 23.2 Å². The SMILES string of the molecule is COc1nc(NCc2nnc(-c3ccccc3)s2)nc(N2CCCCCC2)n1. The number of hydrogen-bond donors (Lipinski definition) is 1. The third-order valence-electron chi connectivity index (χ3n) is 4.56. The van der Waals surface area contributed by atoms with E-state index in [2.05, 4.69) is 35.4 Å². The van der Waals surface area contributed by atoms with Gasteiger partial charge in [-0.15, -0.1) is 10.2 Å². The first kappa shape index (κ1) is 18.5. The first-order valence-corrected chi connectivity index (χ1v) is 10.3. The molecule has 0 amide bonds. The van der Waals surface area contributed by atoms with E-state index in [4.69, 9.17) is 4.74 Å². The molecule has 1 fully saturated rings. The smallest absolute Gasteiger partial charge is 0.322 e. The van der Waals surface area contributed by atoms with E-state index in [1.165, 1.54) is 12.8 Å². The number of nitrogens with one attached hydrogen (secondary N) is 1. The van der Waals surface area contributed by atoms with E-state index in [-0.39, 0.29) is 0 Å². The molecule has 8 nitrogen and oxygen atoms in total.